The Labute approximate surface area is 111 Å². The number of ether oxygens (including phenoxy) is 1. The summed E-state index contributed by atoms with van der Waals surface area (Å²) in [7, 11) is 1.82. The maximum atomic E-state index is 11.3. The molecule has 0 spiro atoms. The molecule has 0 aromatic carbocycles. The molecule has 2 aromatic rings. The molecular formula is C13H16N4O2. The van der Waals surface area contributed by atoms with E-state index in [0.717, 1.165) is 11.4 Å². The molecule has 2 rings (SSSR count). The fraction of sp³-hybridized carbons (Fsp3) is 0.385. The smallest absolute Gasteiger partial charge is 0.306 e. The van der Waals surface area contributed by atoms with Gasteiger partial charge in [-0.15, -0.1) is 0 Å². The third kappa shape index (κ3) is 3.37. The van der Waals surface area contributed by atoms with Crippen LogP contribution in [0, 0.1) is 0 Å². The topological polar surface area (TPSA) is 69.9 Å². The average molecular weight is 260 g/mol. The van der Waals surface area contributed by atoms with E-state index in [9.17, 15) is 4.79 Å². The second-order valence-corrected chi connectivity index (χ2v) is 4.02. The Bertz CT molecular complexity index is 551. The summed E-state index contributed by atoms with van der Waals surface area (Å²) >= 11 is 0. The fourth-order valence-corrected chi connectivity index (χ4v) is 1.74. The van der Waals surface area contributed by atoms with Crippen molar-refractivity contribution in [2.24, 2.45) is 7.05 Å². The Morgan fingerprint density at radius 1 is 1.47 bits per heavy atom. The summed E-state index contributed by atoms with van der Waals surface area (Å²) in [6.45, 7) is 2.19. The standard InChI is InChI=1S/C13H16N4O2/c1-3-19-12(18)7-6-11-15-13(17(2)16-11)10-5-4-8-14-9-10/h4-5,8-9H,3,6-7H2,1-2H3. The van der Waals surface area contributed by atoms with Gasteiger partial charge in [0.25, 0.3) is 0 Å². The van der Waals surface area contributed by atoms with Gasteiger partial charge in [0.1, 0.15) is 0 Å². The fourth-order valence-electron chi connectivity index (χ4n) is 1.74. The molecular weight excluding hydrogens is 244 g/mol. The number of aryl methyl sites for hydroxylation is 2. The van der Waals surface area contributed by atoms with Crippen LogP contribution in [0.1, 0.15) is 19.2 Å². The summed E-state index contributed by atoms with van der Waals surface area (Å²) in [5, 5.41) is 4.29. The summed E-state index contributed by atoms with van der Waals surface area (Å²) < 4.78 is 6.57. The highest BCUT2D eigenvalue weighted by Crippen LogP contribution is 2.15. The van der Waals surface area contributed by atoms with Crippen molar-refractivity contribution < 1.29 is 9.53 Å². The van der Waals surface area contributed by atoms with Crippen molar-refractivity contribution in [1.29, 1.82) is 0 Å². The molecule has 0 radical (unpaired) electrons. The van der Waals surface area contributed by atoms with Crippen LogP contribution in [-0.2, 0) is 23.0 Å². The molecule has 0 saturated heterocycles. The third-order valence-electron chi connectivity index (χ3n) is 2.58. The number of carbonyl (C=O) groups excluding carboxylic acids is 1. The lowest BCUT2D eigenvalue weighted by atomic mass is 10.2. The zero-order chi connectivity index (χ0) is 13.7. The molecule has 100 valence electrons. The highest BCUT2D eigenvalue weighted by Gasteiger charge is 2.11. The highest BCUT2D eigenvalue weighted by atomic mass is 16.5. The van der Waals surface area contributed by atoms with Crippen LogP contribution in [0.5, 0.6) is 0 Å². The van der Waals surface area contributed by atoms with Gasteiger partial charge >= 0.3 is 5.97 Å². The van der Waals surface area contributed by atoms with Gasteiger partial charge in [-0.25, -0.2) is 9.67 Å². The quantitative estimate of drug-likeness (QED) is 0.759. The van der Waals surface area contributed by atoms with Crippen LogP contribution in [0.25, 0.3) is 11.4 Å². The summed E-state index contributed by atoms with van der Waals surface area (Å²) in [4.78, 5) is 19.8. The number of esters is 1. The van der Waals surface area contributed by atoms with Crippen molar-refractivity contribution in [2.75, 3.05) is 6.61 Å². The van der Waals surface area contributed by atoms with Crippen LogP contribution in [0.2, 0.25) is 0 Å². The number of hydrogen-bond donors (Lipinski definition) is 0. The zero-order valence-electron chi connectivity index (χ0n) is 11.0. The molecule has 2 aromatic heterocycles. The van der Waals surface area contributed by atoms with Crippen molar-refractivity contribution in [2.45, 2.75) is 19.8 Å². The lowest BCUT2D eigenvalue weighted by Crippen LogP contribution is -2.06. The average Bonchev–Trinajstić information content (AvgIpc) is 2.79. The van der Waals surface area contributed by atoms with E-state index in [4.69, 9.17) is 4.74 Å². The Hall–Kier alpha value is -2.24. The molecule has 0 unspecified atom stereocenters. The van der Waals surface area contributed by atoms with Gasteiger partial charge in [0.2, 0.25) is 0 Å². The van der Waals surface area contributed by atoms with E-state index in [0.29, 0.717) is 25.3 Å². The van der Waals surface area contributed by atoms with Gasteiger partial charge in [0.15, 0.2) is 11.6 Å². The lowest BCUT2D eigenvalue weighted by molar-refractivity contribution is -0.143. The van der Waals surface area contributed by atoms with E-state index in [1.165, 1.54) is 0 Å². The number of rotatable bonds is 5. The van der Waals surface area contributed by atoms with Crippen molar-refractivity contribution >= 4 is 5.97 Å². The minimum absolute atomic E-state index is 0.224. The van der Waals surface area contributed by atoms with E-state index >= 15 is 0 Å². The highest BCUT2D eigenvalue weighted by molar-refractivity contribution is 5.69. The minimum Gasteiger partial charge on any atom is -0.466 e. The molecule has 0 amide bonds. The molecule has 0 N–H and O–H groups in total. The summed E-state index contributed by atoms with van der Waals surface area (Å²) in [6.07, 6.45) is 4.22. The number of aromatic nitrogens is 4. The van der Waals surface area contributed by atoms with E-state index in [2.05, 4.69) is 15.1 Å². The first-order valence-electron chi connectivity index (χ1n) is 6.16. The molecule has 0 bridgehead atoms. The van der Waals surface area contributed by atoms with Gasteiger partial charge in [-0.3, -0.25) is 9.78 Å². The van der Waals surface area contributed by atoms with Crippen LogP contribution >= 0.6 is 0 Å². The van der Waals surface area contributed by atoms with Crippen molar-refractivity contribution in [3.8, 4) is 11.4 Å². The predicted molar refractivity (Wildman–Crippen MR) is 69.2 cm³/mol. The molecule has 0 aliphatic heterocycles. The molecule has 0 aliphatic rings. The number of nitrogens with zero attached hydrogens (tertiary/aromatic N) is 4. The molecule has 0 atom stereocenters. The molecule has 6 nitrogen and oxygen atoms in total. The molecule has 0 fully saturated rings. The van der Waals surface area contributed by atoms with Crippen molar-refractivity contribution in [1.82, 2.24) is 19.7 Å². The zero-order valence-corrected chi connectivity index (χ0v) is 11.0. The second kappa shape index (κ2) is 6.08. The van der Waals surface area contributed by atoms with Gasteiger partial charge in [0, 0.05) is 31.4 Å². The Kier molecular flexibility index (Phi) is 4.22. The maximum absolute atomic E-state index is 11.3. The molecule has 6 heteroatoms. The van der Waals surface area contributed by atoms with Crippen LogP contribution in [0.4, 0.5) is 0 Å². The molecule has 0 aliphatic carbocycles. The summed E-state index contributed by atoms with van der Waals surface area (Å²) in [5.41, 5.74) is 0.903. The van der Waals surface area contributed by atoms with E-state index in [-0.39, 0.29) is 5.97 Å². The van der Waals surface area contributed by atoms with Crippen molar-refractivity contribution in [3.63, 3.8) is 0 Å². The van der Waals surface area contributed by atoms with E-state index < -0.39 is 0 Å². The second-order valence-electron chi connectivity index (χ2n) is 4.02. The number of pyridine rings is 1. The van der Waals surface area contributed by atoms with Gasteiger partial charge in [-0.1, -0.05) is 0 Å². The Morgan fingerprint density at radius 3 is 3.00 bits per heavy atom. The van der Waals surface area contributed by atoms with E-state index in [1.54, 1.807) is 24.0 Å². The number of carbonyl (C=O) groups is 1. The normalized spacial score (nSPS) is 10.4. The van der Waals surface area contributed by atoms with Crippen molar-refractivity contribution in [3.05, 3.63) is 30.4 Å². The summed E-state index contributed by atoms with van der Waals surface area (Å²) in [5.74, 6) is 1.15. The van der Waals surface area contributed by atoms with Crippen LogP contribution in [0.15, 0.2) is 24.5 Å². The monoisotopic (exact) mass is 260 g/mol. The molecule has 2 heterocycles. The lowest BCUT2D eigenvalue weighted by Gasteiger charge is -1.98. The first-order chi connectivity index (χ1) is 9.20. The van der Waals surface area contributed by atoms with Gasteiger partial charge < -0.3 is 4.74 Å². The summed E-state index contributed by atoms with van der Waals surface area (Å²) in [6, 6.07) is 3.77. The van der Waals surface area contributed by atoms with Gasteiger partial charge in [0.05, 0.1) is 13.0 Å². The Balaban J connectivity index is 2.07. The van der Waals surface area contributed by atoms with Crippen LogP contribution in [-0.4, -0.2) is 32.3 Å². The van der Waals surface area contributed by atoms with Gasteiger partial charge in [-0.2, -0.15) is 5.10 Å². The SMILES string of the molecule is CCOC(=O)CCc1nc(-c2cccnc2)n(C)n1. The molecule has 0 saturated carbocycles. The first kappa shape index (κ1) is 13.2. The maximum Gasteiger partial charge on any atom is 0.306 e. The predicted octanol–water partition coefficient (Wildman–Crippen LogP) is 1.37. The minimum atomic E-state index is -0.224. The third-order valence-corrected chi connectivity index (χ3v) is 2.58. The number of hydrogen-bond acceptors (Lipinski definition) is 5. The van der Waals surface area contributed by atoms with Crippen LogP contribution < -0.4 is 0 Å². The first-order valence-corrected chi connectivity index (χ1v) is 6.16. The molecule has 19 heavy (non-hydrogen) atoms. The largest absolute Gasteiger partial charge is 0.466 e. The Morgan fingerprint density at radius 2 is 2.32 bits per heavy atom. The van der Waals surface area contributed by atoms with Gasteiger partial charge in [-0.05, 0) is 19.1 Å². The van der Waals surface area contributed by atoms with Crippen LogP contribution in [0.3, 0.4) is 0 Å². The van der Waals surface area contributed by atoms with E-state index in [1.807, 2.05) is 19.2 Å².